The molecule has 0 aliphatic rings. The number of amides is 1. The number of carbonyl (C=O) groups excluding carboxylic acids is 1. The van der Waals surface area contributed by atoms with Crippen molar-refractivity contribution in [2.45, 2.75) is 17.1 Å². The molecule has 1 atom stereocenters. The van der Waals surface area contributed by atoms with E-state index in [4.69, 9.17) is 11.6 Å². The molecule has 0 unspecified atom stereocenters. The van der Waals surface area contributed by atoms with Crippen molar-refractivity contribution in [3.05, 3.63) is 90.9 Å². The normalized spacial score (nSPS) is 12.4. The van der Waals surface area contributed by atoms with Crippen molar-refractivity contribution in [1.82, 2.24) is 5.32 Å². The van der Waals surface area contributed by atoms with Crippen molar-refractivity contribution in [2.75, 3.05) is 6.54 Å². The van der Waals surface area contributed by atoms with Crippen LogP contribution in [0.4, 0.5) is 10.1 Å². The van der Waals surface area contributed by atoms with E-state index in [1.54, 1.807) is 17.5 Å². The van der Waals surface area contributed by atoms with Crippen LogP contribution < -0.4 is 5.32 Å². The summed E-state index contributed by atoms with van der Waals surface area (Å²) in [5.41, 5.74) is -0.561. The van der Waals surface area contributed by atoms with Crippen LogP contribution in [0.5, 0.6) is 0 Å². The number of nitrogens with one attached hydrogen (secondary N) is 1. The lowest BCUT2D eigenvalue weighted by molar-refractivity contribution is -0.385. The maximum Gasteiger partial charge on any atom is 0.282 e. The number of nitro benzene ring substituents is 1. The number of aryl methyl sites for hydroxylation is 1. The molecular formula is C20H16ClFN2O5S2. The van der Waals surface area contributed by atoms with E-state index in [9.17, 15) is 27.7 Å². The molecule has 1 heterocycles. The molecule has 7 nitrogen and oxygen atoms in total. The predicted octanol–water partition coefficient (Wildman–Crippen LogP) is 4.70. The van der Waals surface area contributed by atoms with E-state index >= 15 is 0 Å². The highest BCUT2D eigenvalue weighted by molar-refractivity contribution is 7.91. The Bertz CT molecular complexity index is 1250. The zero-order chi connectivity index (χ0) is 22.8. The molecule has 0 fully saturated rings. The summed E-state index contributed by atoms with van der Waals surface area (Å²) in [4.78, 5) is 23.5. The van der Waals surface area contributed by atoms with Gasteiger partial charge in [-0.25, -0.2) is 12.8 Å². The first kappa shape index (κ1) is 22.9. The average molecular weight is 483 g/mol. The van der Waals surface area contributed by atoms with Crippen LogP contribution in [0.1, 0.15) is 26.0 Å². The molecule has 0 radical (unpaired) electrons. The third-order valence-corrected chi connectivity index (χ3v) is 7.99. The second-order valence-corrected chi connectivity index (χ2v) is 10.1. The first-order valence-corrected chi connectivity index (χ1v) is 11.7. The Morgan fingerprint density at radius 2 is 2.00 bits per heavy atom. The number of hydrogen-bond acceptors (Lipinski definition) is 6. The van der Waals surface area contributed by atoms with Gasteiger partial charge in [-0.2, -0.15) is 0 Å². The number of rotatable bonds is 7. The van der Waals surface area contributed by atoms with Crippen LogP contribution in [-0.2, 0) is 9.84 Å². The minimum atomic E-state index is -4.01. The van der Waals surface area contributed by atoms with Gasteiger partial charge in [0.05, 0.1) is 9.82 Å². The molecule has 0 aliphatic heterocycles. The SMILES string of the molecule is Cc1cc(S(=O)(=O)[C@@H](CNC(=O)c2cc(Cl)ccc2[N+](=O)[O-])c2cccs2)ccc1F. The highest BCUT2D eigenvalue weighted by atomic mass is 35.5. The zero-order valence-corrected chi connectivity index (χ0v) is 18.4. The molecule has 3 aromatic rings. The fourth-order valence-electron chi connectivity index (χ4n) is 2.93. The minimum Gasteiger partial charge on any atom is -0.350 e. The molecule has 1 aromatic heterocycles. The van der Waals surface area contributed by atoms with Gasteiger partial charge in [-0.05, 0) is 54.3 Å². The maximum absolute atomic E-state index is 13.6. The quantitative estimate of drug-likeness (QED) is 0.298. The van der Waals surface area contributed by atoms with Gasteiger partial charge in [-0.3, -0.25) is 14.9 Å². The topological polar surface area (TPSA) is 106 Å². The molecule has 0 spiro atoms. The summed E-state index contributed by atoms with van der Waals surface area (Å²) in [7, 11) is -4.01. The number of halogens is 2. The number of hydrogen-bond donors (Lipinski definition) is 1. The Morgan fingerprint density at radius 1 is 1.26 bits per heavy atom. The van der Waals surface area contributed by atoms with Gasteiger partial charge in [0.1, 0.15) is 16.6 Å². The molecular weight excluding hydrogens is 467 g/mol. The monoisotopic (exact) mass is 482 g/mol. The van der Waals surface area contributed by atoms with Crippen LogP contribution in [0.15, 0.2) is 58.8 Å². The van der Waals surface area contributed by atoms with Crippen molar-refractivity contribution < 1.29 is 22.5 Å². The van der Waals surface area contributed by atoms with Gasteiger partial charge in [-0.15, -0.1) is 11.3 Å². The summed E-state index contributed by atoms with van der Waals surface area (Å²) in [6.07, 6.45) is 0. The molecule has 31 heavy (non-hydrogen) atoms. The van der Waals surface area contributed by atoms with E-state index in [1.807, 2.05) is 0 Å². The number of sulfone groups is 1. The molecule has 11 heteroatoms. The number of benzene rings is 2. The fraction of sp³-hybridized carbons (Fsp3) is 0.150. The smallest absolute Gasteiger partial charge is 0.282 e. The van der Waals surface area contributed by atoms with Crippen LogP contribution in [0.2, 0.25) is 5.02 Å². The van der Waals surface area contributed by atoms with Gasteiger partial charge >= 0.3 is 0 Å². The summed E-state index contributed by atoms with van der Waals surface area (Å²) in [5, 5.41) is 14.3. The fourth-order valence-corrected chi connectivity index (χ4v) is 5.97. The summed E-state index contributed by atoms with van der Waals surface area (Å²) in [5.74, 6) is -1.37. The van der Waals surface area contributed by atoms with E-state index in [0.29, 0.717) is 4.88 Å². The van der Waals surface area contributed by atoms with Gasteiger partial charge in [0.2, 0.25) is 0 Å². The third-order valence-electron chi connectivity index (χ3n) is 4.54. The van der Waals surface area contributed by atoms with Crippen molar-refractivity contribution in [1.29, 1.82) is 0 Å². The van der Waals surface area contributed by atoms with Gasteiger partial charge in [-0.1, -0.05) is 17.7 Å². The Kier molecular flexibility index (Phi) is 6.73. The Hall–Kier alpha value is -2.82. The van der Waals surface area contributed by atoms with E-state index in [0.717, 1.165) is 18.2 Å². The molecule has 0 aliphatic carbocycles. The van der Waals surface area contributed by atoms with Crippen LogP contribution >= 0.6 is 22.9 Å². The maximum atomic E-state index is 13.6. The predicted molar refractivity (Wildman–Crippen MR) is 116 cm³/mol. The molecule has 162 valence electrons. The second-order valence-electron chi connectivity index (χ2n) is 6.59. The molecule has 1 amide bonds. The van der Waals surface area contributed by atoms with Gasteiger partial charge in [0.15, 0.2) is 9.84 Å². The number of thiophene rings is 1. The molecule has 0 saturated carbocycles. The highest BCUT2D eigenvalue weighted by Crippen LogP contribution is 2.32. The number of nitro groups is 1. The minimum absolute atomic E-state index is 0.0900. The van der Waals surface area contributed by atoms with Crippen molar-refractivity contribution in [3.63, 3.8) is 0 Å². The van der Waals surface area contributed by atoms with E-state index < -0.39 is 37.4 Å². The second kappa shape index (κ2) is 9.13. The van der Waals surface area contributed by atoms with Crippen LogP contribution in [0.25, 0.3) is 0 Å². The van der Waals surface area contributed by atoms with E-state index in [-0.39, 0.29) is 27.6 Å². The molecule has 2 aromatic carbocycles. The zero-order valence-electron chi connectivity index (χ0n) is 16.0. The van der Waals surface area contributed by atoms with Gasteiger partial charge < -0.3 is 5.32 Å². The average Bonchev–Trinajstić information content (AvgIpc) is 3.23. The van der Waals surface area contributed by atoms with E-state index in [2.05, 4.69) is 5.32 Å². The van der Waals surface area contributed by atoms with E-state index in [1.165, 1.54) is 36.5 Å². The highest BCUT2D eigenvalue weighted by Gasteiger charge is 2.32. The third kappa shape index (κ3) is 4.92. The molecule has 1 N–H and O–H groups in total. The number of carbonyl (C=O) groups is 1. The summed E-state index contributed by atoms with van der Waals surface area (Å²) >= 11 is 7.05. The van der Waals surface area contributed by atoms with Crippen molar-refractivity contribution >= 4 is 44.4 Å². The Balaban J connectivity index is 1.94. The summed E-state index contributed by atoms with van der Waals surface area (Å²) in [6.45, 7) is 1.11. The van der Waals surface area contributed by atoms with Gasteiger partial charge in [0, 0.05) is 22.5 Å². The van der Waals surface area contributed by atoms with Crippen molar-refractivity contribution in [3.8, 4) is 0 Å². The first-order valence-electron chi connectivity index (χ1n) is 8.87. The summed E-state index contributed by atoms with van der Waals surface area (Å²) < 4.78 is 40.2. The standard InChI is InChI=1S/C20H16ClFN2O5S2/c1-12-9-14(5-6-16(12)22)31(28,29)19(18-3-2-8-30-18)11-23-20(25)15-10-13(21)4-7-17(15)24(26)27/h2-10,19H,11H2,1H3,(H,23,25)/t19-/m0/s1. The lowest BCUT2D eigenvalue weighted by Crippen LogP contribution is -2.32. The van der Waals surface area contributed by atoms with Gasteiger partial charge in [0.25, 0.3) is 11.6 Å². The van der Waals surface area contributed by atoms with Crippen LogP contribution in [-0.4, -0.2) is 25.8 Å². The summed E-state index contributed by atoms with van der Waals surface area (Å²) in [6, 6.07) is 10.3. The van der Waals surface area contributed by atoms with Crippen LogP contribution in [0, 0.1) is 22.9 Å². The lowest BCUT2D eigenvalue weighted by atomic mass is 10.1. The Morgan fingerprint density at radius 3 is 2.61 bits per heavy atom. The lowest BCUT2D eigenvalue weighted by Gasteiger charge is -2.18. The molecule has 0 saturated heterocycles. The largest absolute Gasteiger partial charge is 0.350 e. The van der Waals surface area contributed by atoms with Crippen molar-refractivity contribution in [2.24, 2.45) is 0 Å². The first-order chi connectivity index (χ1) is 14.6. The Labute approximate surface area is 186 Å². The molecule has 3 rings (SSSR count). The number of nitrogens with zero attached hydrogens (tertiary/aromatic N) is 1. The van der Waals surface area contributed by atoms with Crippen LogP contribution in [0.3, 0.4) is 0 Å². The molecule has 0 bridgehead atoms.